The Morgan fingerprint density at radius 1 is 1.14 bits per heavy atom. The second-order valence-corrected chi connectivity index (χ2v) is 11.4. The molecule has 8 atom stereocenters. The maximum Gasteiger partial charge on any atom is 0.306 e. The highest BCUT2D eigenvalue weighted by molar-refractivity contribution is 6.01. The molecule has 7 nitrogen and oxygen atoms in total. The molecule has 198 valence electrons. The van der Waals surface area contributed by atoms with Gasteiger partial charge in [-0.25, -0.2) is 4.39 Å². The van der Waals surface area contributed by atoms with Gasteiger partial charge in [0, 0.05) is 35.5 Å². The number of hydrogen-bond acceptors (Lipinski definition) is 7. The highest BCUT2D eigenvalue weighted by Crippen LogP contribution is 2.71. The van der Waals surface area contributed by atoms with Crippen molar-refractivity contribution >= 4 is 23.5 Å². The van der Waals surface area contributed by atoms with Crippen molar-refractivity contribution < 1.29 is 38.1 Å². The van der Waals surface area contributed by atoms with Crippen molar-refractivity contribution in [3.63, 3.8) is 0 Å². The summed E-state index contributed by atoms with van der Waals surface area (Å²) in [7, 11) is 0. The Bertz CT molecular complexity index is 1050. The molecule has 0 aromatic rings. The number of ketones is 2. The van der Waals surface area contributed by atoms with Crippen LogP contribution in [0.3, 0.4) is 0 Å². The van der Waals surface area contributed by atoms with Crippen LogP contribution in [0.4, 0.5) is 4.39 Å². The van der Waals surface area contributed by atoms with Crippen LogP contribution >= 0.6 is 0 Å². The fraction of sp³-hybridized carbons (Fsp3) is 0.714. The van der Waals surface area contributed by atoms with Crippen LogP contribution in [-0.2, 0) is 28.7 Å². The number of carbonyl (C=O) groups is 4. The Morgan fingerprint density at radius 2 is 1.81 bits per heavy atom. The molecule has 0 aromatic heterocycles. The number of rotatable bonds is 6. The van der Waals surface area contributed by atoms with Crippen molar-refractivity contribution in [2.75, 3.05) is 6.61 Å². The monoisotopic (exact) mass is 504 g/mol. The van der Waals surface area contributed by atoms with Gasteiger partial charge in [0.2, 0.25) is 5.78 Å². The van der Waals surface area contributed by atoms with E-state index in [1.54, 1.807) is 33.8 Å². The molecule has 4 aliphatic carbocycles. The topological polar surface area (TPSA) is 107 Å². The lowest BCUT2D eigenvalue weighted by atomic mass is 9.44. The molecule has 36 heavy (non-hydrogen) atoms. The van der Waals surface area contributed by atoms with Gasteiger partial charge < -0.3 is 14.6 Å². The van der Waals surface area contributed by atoms with Crippen molar-refractivity contribution in [3.8, 4) is 0 Å². The number of hydrogen-bond donors (Lipinski definition) is 1. The number of ether oxygens (including phenoxy) is 2. The van der Waals surface area contributed by atoms with Crippen molar-refractivity contribution in [1.29, 1.82) is 0 Å². The van der Waals surface area contributed by atoms with Gasteiger partial charge in [-0.3, -0.25) is 19.2 Å². The normalized spacial score (nSPS) is 43.1. The molecule has 0 saturated heterocycles. The van der Waals surface area contributed by atoms with E-state index in [1.807, 2.05) is 6.92 Å². The first-order valence-corrected chi connectivity index (χ1v) is 13.0. The quantitative estimate of drug-likeness (QED) is 0.548. The number of Topliss-reactive ketones (excluding diaryl/α,β-unsaturated/α-hetero) is 1. The molecule has 0 radical (unpaired) electrons. The number of aliphatic hydroxyl groups excluding tert-OH is 1. The molecule has 8 heteroatoms. The van der Waals surface area contributed by atoms with Crippen molar-refractivity contribution in [2.24, 2.45) is 28.6 Å². The second kappa shape index (κ2) is 8.89. The van der Waals surface area contributed by atoms with Crippen LogP contribution < -0.4 is 0 Å². The van der Waals surface area contributed by atoms with Crippen LogP contribution in [0.1, 0.15) is 73.1 Å². The third kappa shape index (κ3) is 3.39. The first-order chi connectivity index (χ1) is 16.8. The average molecular weight is 505 g/mol. The lowest BCUT2D eigenvalue weighted by Gasteiger charge is -2.62. The molecule has 4 rings (SSSR count). The van der Waals surface area contributed by atoms with E-state index in [4.69, 9.17) is 9.47 Å². The molecule has 0 bridgehead atoms. The molecule has 3 saturated carbocycles. The molecule has 1 N–H and O–H groups in total. The van der Waals surface area contributed by atoms with Crippen molar-refractivity contribution in [1.82, 2.24) is 0 Å². The molecule has 3 fully saturated rings. The van der Waals surface area contributed by atoms with Gasteiger partial charge in [-0.2, -0.15) is 0 Å². The largest absolute Gasteiger partial charge is 0.457 e. The van der Waals surface area contributed by atoms with E-state index in [0.717, 1.165) is 0 Å². The van der Waals surface area contributed by atoms with Crippen LogP contribution in [0.15, 0.2) is 23.8 Å². The zero-order valence-corrected chi connectivity index (χ0v) is 21.8. The van der Waals surface area contributed by atoms with Gasteiger partial charge in [0.1, 0.15) is 0 Å². The summed E-state index contributed by atoms with van der Waals surface area (Å²) in [5.74, 6) is -3.31. The summed E-state index contributed by atoms with van der Waals surface area (Å²) < 4.78 is 28.5. The Hall–Kier alpha value is -2.35. The predicted octanol–water partition coefficient (Wildman–Crippen LogP) is 3.82. The fourth-order valence-electron chi connectivity index (χ4n) is 8.01. The lowest BCUT2D eigenvalue weighted by molar-refractivity contribution is -0.228. The third-order valence-corrected chi connectivity index (χ3v) is 9.81. The van der Waals surface area contributed by atoms with E-state index in [2.05, 4.69) is 0 Å². The Morgan fingerprint density at radius 3 is 2.44 bits per heavy atom. The molecule has 0 amide bonds. The summed E-state index contributed by atoms with van der Waals surface area (Å²) in [5.41, 5.74) is -5.26. The van der Waals surface area contributed by atoms with E-state index in [-0.39, 0.29) is 31.0 Å². The van der Waals surface area contributed by atoms with E-state index in [0.29, 0.717) is 24.8 Å². The minimum absolute atomic E-state index is 0.0430. The number of halogens is 1. The van der Waals surface area contributed by atoms with Crippen molar-refractivity contribution in [2.45, 2.75) is 90.5 Å². The molecule has 0 aliphatic heterocycles. The SMILES string of the molecule is CCC(=O)OCC(=O)[C@@]1(OC(=O)CC)[C@@H](C)C[C@H]2[C@H]3CCC4=CC(=O)C=C[C@]4(C)[C@]3(F)[C@@H](O)C[C@@]21C. The van der Waals surface area contributed by atoms with Gasteiger partial charge in [-0.15, -0.1) is 0 Å². The Labute approximate surface area is 211 Å². The molecule has 0 heterocycles. The minimum Gasteiger partial charge on any atom is -0.457 e. The van der Waals surface area contributed by atoms with Crippen molar-refractivity contribution in [3.05, 3.63) is 23.8 Å². The fourth-order valence-corrected chi connectivity index (χ4v) is 8.01. The second-order valence-electron chi connectivity index (χ2n) is 11.4. The maximum atomic E-state index is 17.4. The number of carbonyl (C=O) groups excluding carboxylic acids is 4. The molecule has 0 spiro atoms. The van der Waals surface area contributed by atoms with E-state index in [1.165, 1.54) is 12.2 Å². The number of alkyl halides is 1. The first kappa shape index (κ1) is 26.7. The van der Waals surface area contributed by atoms with Crippen LogP contribution in [0.25, 0.3) is 0 Å². The van der Waals surface area contributed by atoms with Crippen LogP contribution in [0.5, 0.6) is 0 Å². The van der Waals surface area contributed by atoms with Gasteiger partial charge in [0.25, 0.3) is 0 Å². The van der Waals surface area contributed by atoms with Gasteiger partial charge >= 0.3 is 11.9 Å². The lowest BCUT2D eigenvalue weighted by Crippen LogP contribution is -2.70. The van der Waals surface area contributed by atoms with Gasteiger partial charge in [-0.05, 0) is 50.7 Å². The summed E-state index contributed by atoms with van der Waals surface area (Å²) in [6.45, 7) is 8.05. The maximum absolute atomic E-state index is 17.4. The number of esters is 2. The molecule has 4 aliphatic rings. The molecular weight excluding hydrogens is 467 g/mol. The standard InChI is InChI=1S/C28H37FO7/c1-6-23(33)35-15-22(32)28(36-24(34)7-2)16(3)12-20-19-9-8-17-13-18(30)10-11-25(17,4)27(19,29)21(31)14-26(20,28)5/h10-11,13,16,19-21,31H,6-9,12,14-15H2,1-5H3/t16-,19+,20-,21-,25-,26-,27+,28-/m0/s1. The summed E-state index contributed by atoms with van der Waals surface area (Å²) >= 11 is 0. The van der Waals surface area contributed by atoms with Crippen LogP contribution in [-0.4, -0.2) is 52.6 Å². The Kier molecular flexibility index (Phi) is 6.60. The summed E-state index contributed by atoms with van der Waals surface area (Å²) in [4.78, 5) is 50.3. The molecule has 0 unspecified atom stereocenters. The highest BCUT2D eigenvalue weighted by Gasteiger charge is 2.77. The number of allylic oxidation sites excluding steroid dienone is 4. The van der Waals surface area contributed by atoms with E-state index in [9.17, 15) is 24.3 Å². The molecular formula is C28H37FO7. The summed E-state index contributed by atoms with van der Waals surface area (Å²) in [6.07, 6.45) is 4.32. The minimum atomic E-state index is -2.05. The predicted molar refractivity (Wildman–Crippen MR) is 128 cm³/mol. The Balaban J connectivity index is 1.80. The van der Waals surface area contributed by atoms with Gasteiger partial charge in [0.05, 0.1) is 6.10 Å². The molecule has 0 aromatic carbocycles. The van der Waals surface area contributed by atoms with E-state index < -0.39 is 64.4 Å². The van der Waals surface area contributed by atoms with Crippen LogP contribution in [0, 0.1) is 28.6 Å². The smallest absolute Gasteiger partial charge is 0.306 e. The van der Waals surface area contributed by atoms with Gasteiger partial charge in [0.15, 0.2) is 23.7 Å². The van der Waals surface area contributed by atoms with E-state index >= 15 is 4.39 Å². The summed E-state index contributed by atoms with van der Waals surface area (Å²) in [6, 6.07) is 0. The average Bonchev–Trinajstić information content (AvgIpc) is 3.05. The highest BCUT2D eigenvalue weighted by atomic mass is 19.1. The number of fused-ring (bicyclic) bond motifs is 5. The third-order valence-electron chi connectivity index (χ3n) is 9.81. The number of aliphatic hydroxyl groups is 1. The van der Waals surface area contributed by atoms with Gasteiger partial charge in [-0.1, -0.05) is 39.3 Å². The zero-order valence-electron chi connectivity index (χ0n) is 21.8. The summed E-state index contributed by atoms with van der Waals surface area (Å²) in [5, 5.41) is 11.5. The first-order valence-electron chi connectivity index (χ1n) is 13.0. The van der Waals surface area contributed by atoms with Crippen LogP contribution in [0.2, 0.25) is 0 Å². The zero-order chi connectivity index (χ0) is 26.7.